The van der Waals surface area contributed by atoms with E-state index in [1.54, 1.807) is 0 Å². The fraction of sp³-hybridized carbons (Fsp3) is 0.294. The number of allylic oxidation sites excluding steroid dienone is 32. The molecule has 9 heteroatoms. The Hall–Kier alpha value is -8.26. The van der Waals surface area contributed by atoms with E-state index in [0.29, 0.717) is 0 Å². The molecule has 4 nitrogen and oxygen atoms in total. The molecule has 0 aromatic heterocycles. The van der Waals surface area contributed by atoms with E-state index in [2.05, 4.69) is 391 Å². The van der Waals surface area contributed by atoms with E-state index in [1.807, 2.05) is 0 Å². The quantitative estimate of drug-likeness (QED) is 0.142. The van der Waals surface area contributed by atoms with Gasteiger partial charge in [-0.15, -0.1) is 0 Å². The van der Waals surface area contributed by atoms with E-state index >= 15 is 0 Å². The van der Waals surface area contributed by atoms with Gasteiger partial charge in [-0.3, -0.25) is 0 Å². The number of benzene rings is 8. The normalized spacial score (nSPS) is 29.0. The first kappa shape index (κ1) is 74.2. The zero-order valence-corrected chi connectivity index (χ0v) is 74.0. The van der Waals surface area contributed by atoms with Crippen molar-refractivity contribution < 1.29 is 33.9 Å². The molecule has 8 aliphatic carbocycles. The summed E-state index contributed by atoms with van der Waals surface area (Å²) in [4.78, 5) is 0. The molecule has 0 radical (unpaired) electrons. The number of halogens is 2. The number of fused-ring (bicyclic) bond motifs is 12. The van der Waals surface area contributed by atoms with Gasteiger partial charge in [-0.2, -0.15) is 0 Å². The Labute approximate surface area is 666 Å². The first-order valence-corrected chi connectivity index (χ1v) is 56.2. The van der Waals surface area contributed by atoms with Crippen molar-refractivity contribution in [1.29, 1.82) is 0 Å². The molecule has 8 aromatic rings. The van der Waals surface area contributed by atoms with Gasteiger partial charge in [0, 0.05) is 0 Å². The predicted octanol–water partition coefficient (Wildman–Crippen LogP) is 28.0. The predicted molar refractivity (Wildman–Crippen MR) is 473 cm³/mol. The summed E-state index contributed by atoms with van der Waals surface area (Å²) in [5, 5.41) is 9.23. The van der Waals surface area contributed by atoms with Crippen LogP contribution < -0.4 is 18.9 Å². The van der Waals surface area contributed by atoms with Crippen LogP contribution in [0.25, 0.3) is 43.1 Å². The molecule has 0 bridgehead atoms. The number of hydrogen-bond acceptors (Lipinski definition) is 4. The maximum atomic E-state index is 11.9. The number of ether oxygens (including phenoxy) is 4. The molecule has 0 saturated carbocycles. The van der Waals surface area contributed by atoms with Crippen molar-refractivity contribution >= 4 is 77.7 Å². The molecule has 5 spiro atoms. The van der Waals surface area contributed by atoms with E-state index in [0.717, 1.165) is 66.8 Å². The third kappa shape index (κ3) is 9.42. The topological polar surface area (TPSA) is 36.9 Å². The third-order valence-electron chi connectivity index (χ3n) is 27.6. The van der Waals surface area contributed by atoms with Crippen LogP contribution in [0.3, 0.4) is 0 Å². The Kier molecular flexibility index (Phi) is 16.5. The zero-order valence-electron chi connectivity index (χ0n) is 67.8. The van der Waals surface area contributed by atoms with Crippen molar-refractivity contribution in [2.75, 3.05) is 0 Å². The summed E-state index contributed by atoms with van der Waals surface area (Å²) in [7, 11) is 18.1. The molecule has 2 saturated heterocycles. The molecule has 111 heavy (non-hydrogen) atoms. The van der Waals surface area contributed by atoms with E-state index in [-0.39, 0.29) is 23.7 Å². The molecule has 2 aliphatic heterocycles. The van der Waals surface area contributed by atoms with Gasteiger partial charge in [0.1, 0.15) is 0 Å². The fourth-order valence-electron chi connectivity index (χ4n) is 25.4. The van der Waals surface area contributed by atoms with Crippen molar-refractivity contribution in [1.82, 2.24) is 0 Å². The summed E-state index contributed by atoms with van der Waals surface area (Å²) in [5.74, 6) is 2.49. The zero-order chi connectivity index (χ0) is 78.0. The summed E-state index contributed by atoms with van der Waals surface area (Å²) in [6.45, 7) is 41.6. The average molecular weight is 1610 g/mol. The van der Waals surface area contributed by atoms with Crippen LogP contribution >= 0.6 is 17.0 Å². The van der Waals surface area contributed by atoms with Crippen LogP contribution in [0.5, 0.6) is 23.0 Å². The number of hydrogen-bond donors (Lipinski definition) is 0. The summed E-state index contributed by atoms with van der Waals surface area (Å²) in [6, 6.07) is 53.9. The molecule has 2 fully saturated rings. The second kappa shape index (κ2) is 24.6. The van der Waals surface area contributed by atoms with Gasteiger partial charge in [-0.05, 0) is 0 Å². The Morgan fingerprint density at radius 3 is 0.676 bits per heavy atom. The fourth-order valence-corrected chi connectivity index (χ4v) is 149. The van der Waals surface area contributed by atoms with Gasteiger partial charge in [0.15, 0.2) is 0 Å². The van der Waals surface area contributed by atoms with Crippen molar-refractivity contribution in [3.8, 4) is 23.0 Å². The third-order valence-corrected chi connectivity index (χ3v) is 113. The molecular weight excluding hydrogens is 1510 g/mol. The SMILES string of the molecule is CC1=CC2=C(C=CC=CC2c2cc3ccccc3cc2OC(C)(C)C)[C]12[SiH](C)[C]1(C(C)=CC3=C1C=CC=CC3c1cc3ccccc3cc1OC(C)(C)C)[Zr]21([Cl])([Cl])[C]2(C(C)=CC3=C2C=CC=CC3c2cc3ccccc3cc2OC(C)(C)C)[SiH](C)[C]12C(C)=CC1=C2C=CC=CC1c1cc2ccccc2cc1OC(C)(C)C. The minimum absolute atomic E-state index is 0.255. The van der Waals surface area contributed by atoms with Gasteiger partial charge in [0.2, 0.25) is 0 Å². The molecule has 8 unspecified atom stereocenters. The van der Waals surface area contributed by atoms with Crippen LogP contribution in [-0.2, 0) is 14.9 Å². The van der Waals surface area contributed by atoms with Crippen molar-refractivity contribution in [2.45, 2.75) is 181 Å². The summed E-state index contributed by atoms with van der Waals surface area (Å²) in [6.07, 6.45) is 49.2. The van der Waals surface area contributed by atoms with Crippen LogP contribution in [0.4, 0.5) is 0 Å². The standard InChI is InChI=1S/2C51H52O2Si.2ClH.Zr/c2*1-32-26-42-38(44-28-34-18-10-12-20-36(34)30-46(44)52-50(3,4)5)22-14-16-24-40(42)48(32)54(9)49-33(2)27-43-39(23-15-17-25-41(43)49)45-29-35-19-11-13-21-37(35)31-47(45)53-51(6,7)8;;;/h2*10-31,38-39,54H,1-9H3;2*1H;/q;;;;+2/p-2. The monoisotopic (exact) mass is 1610 g/mol. The van der Waals surface area contributed by atoms with Crippen molar-refractivity contribution in [3.63, 3.8) is 0 Å². The second-order valence-electron chi connectivity index (χ2n) is 37.7. The van der Waals surface area contributed by atoms with Crippen molar-refractivity contribution in [3.05, 3.63) is 356 Å². The molecule has 8 atom stereocenters. The Morgan fingerprint density at radius 1 is 0.297 bits per heavy atom. The average Bonchev–Trinajstić information content (AvgIpc) is 1.50. The van der Waals surface area contributed by atoms with Crippen LogP contribution in [0.1, 0.15) is 157 Å². The van der Waals surface area contributed by atoms with E-state index < -0.39 is 65.9 Å². The van der Waals surface area contributed by atoms with Crippen LogP contribution in [0, 0.1) is 0 Å². The second-order valence-corrected chi connectivity index (χ2v) is 77.6. The minimum atomic E-state index is -8.07. The summed E-state index contributed by atoms with van der Waals surface area (Å²) in [5.41, 5.74) is 17.8. The molecule has 562 valence electrons. The van der Waals surface area contributed by atoms with Crippen molar-refractivity contribution in [2.24, 2.45) is 0 Å². The van der Waals surface area contributed by atoms with Gasteiger partial charge in [0.05, 0.1) is 0 Å². The van der Waals surface area contributed by atoms with Crippen LogP contribution in [-0.4, -0.2) is 40.0 Å². The van der Waals surface area contributed by atoms with Gasteiger partial charge in [0.25, 0.3) is 0 Å². The molecule has 8 aromatic carbocycles. The van der Waals surface area contributed by atoms with Gasteiger partial charge < -0.3 is 0 Å². The van der Waals surface area contributed by atoms with Gasteiger partial charge in [-0.25, -0.2) is 0 Å². The first-order chi connectivity index (χ1) is 52.6. The maximum absolute atomic E-state index is 11.9. The molecule has 0 amide bonds. The van der Waals surface area contributed by atoms with Crippen LogP contribution in [0.15, 0.2) is 334 Å². The molecule has 0 N–H and O–H groups in total. The van der Waals surface area contributed by atoms with E-state index in [4.69, 9.17) is 18.9 Å². The summed E-state index contributed by atoms with van der Waals surface area (Å²) < 4.78 is 25.7. The molecule has 2 heterocycles. The molecule has 18 rings (SSSR count). The Balaban J connectivity index is 1.03. The number of rotatable bonds is 8. The van der Waals surface area contributed by atoms with Gasteiger partial charge in [-0.1, -0.05) is 0 Å². The van der Waals surface area contributed by atoms with E-state index in [1.165, 1.54) is 88.4 Å². The molecular formula is C102H104Cl2O4Si2Zr. The Morgan fingerprint density at radius 2 is 0.486 bits per heavy atom. The molecule has 10 aliphatic rings. The van der Waals surface area contributed by atoms with Crippen LogP contribution in [0.2, 0.25) is 24.1 Å². The first-order valence-electron chi connectivity index (χ1n) is 40.4. The Bertz CT molecular complexity index is 5320. The van der Waals surface area contributed by atoms with Gasteiger partial charge >= 0.3 is 672 Å². The van der Waals surface area contributed by atoms with E-state index in [9.17, 15) is 17.0 Å². The summed E-state index contributed by atoms with van der Waals surface area (Å²) >= 11 is -8.07.